The number of aryl methyl sites for hydroxylation is 1. The van der Waals surface area contributed by atoms with Crippen LogP contribution in [0.25, 0.3) is 0 Å². The van der Waals surface area contributed by atoms with Gasteiger partial charge in [0.2, 0.25) is 5.91 Å². The Balaban J connectivity index is 1.92. The van der Waals surface area contributed by atoms with Gasteiger partial charge in [0.05, 0.1) is 5.69 Å². The van der Waals surface area contributed by atoms with Crippen molar-refractivity contribution in [2.24, 2.45) is 0 Å². The molecule has 19 heavy (non-hydrogen) atoms. The molecule has 0 radical (unpaired) electrons. The maximum Gasteiger partial charge on any atom is 0.224 e. The van der Waals surface area contributed by atoms with Gasteiger partial charge in [0, 0.05) is 6.42 Å². The number of nitrogens with one attached hydrogen (secondary N) is 1. The zero-order valence-electron chi connectivity index (χ0n) is 10.2. The van der Waals surface area contributed by atoms with E-state index in [-0.39, 0.29) is 30.3 Å². The third kappa shape index (κ3) is 3.61. The molecule has 4 heteroatoms. The molecule has 1 amide bonds. The maximum atomic E-state index is 13.3. The summed E-state index contributed by atoms with van der Waals surface area (Å²) < 4.78 is 26.6. The molecule has 2 nitrogen and oxygen atoms in total. The first kappa shape index (κ1) is 13.2. The Morgan fingerprint density at radius 3 is 2.26 bits per heavy atom. The standard InChI is InChI=1S/C15H13F2NO/c16-12-6-2-1-5-11(12)9-10-15(19)18-14-8-4-3-7-13(14)17/h1-8H,9-10H2,(H,18,19). The summed E-state index contributed by atoms with van der Waals surface area (Å²) in [7, 11) is 0. The van der Waals surface area contributed by atoms with Crippen molar-refractivity contribution >= 4 is 11.6 Å². The Bertz CT molecular complexity index is 584. The number of anilines is 1. The monoisotopic (exact) mass is 261 g/mol. The number of benzene rings is 2. The van der Waals surface area contributed by atoms with E-state index in [4.69, 9.17) is 0 Å². The summed E-state index contributed by atoms with van der Waals surface area (Å²) in [6.45, 7) is 0. The van der Waals surface area contributed by atoms with Crippen molar-refractivity contribution in [3.8, 4) is 0 Å². The molecule has 98 valence electrons. The Hall–Kier alpha value is -2.23. The van der Waals surface area contributed by atoms with Crippen LogP contribution >= 0.6 is 0 Å². The van der Waals surface area contributed by atoms with E-state index in [0.717, 1.165) is 0 Å². The van der Waals surface area contributed by atoms with Gasteiger partial charge in [0.25, 0.3) is 0 Å². The van der Waals surface area contributed by atoms with Gasteiger partial charge in [-0.25, -0.2) is 8.78 Å². The highest BCUT2D eigenvalue weighted by atomic mass is 19.1. The quantitative estimate of drug-likeness (QED) is 0.896. The predicted octanol–water partition coefficient (Wildman–Crippen LogP) is 3.54. The van der Waals surface area contributed by atoms with Crippen molar-refractivity contribution in [2.75, 3.05) is 5.32 Å². The van der Waals surface area contributed by atoms with E-state index in [1.165, 1.54) is 18.2 Å². The van der Waals surface area contributed by atoms with E-state index in [1.807, 2.05) is 0 Å². The van der Waals surface area contributed by atoms with Gasteiger partial charge in [-0.2, -0.15) is 0 Å². The van der Waals surface area contributed by atoms with Crippen LogP contribution in [-0.2, 0) is 11.2 Å². The van der Waals surface area contributed by atoms with E-state index in [9.17, 15) is 13.6 Å². The Labute approximate surface area is 110 Å². The summed E-state index contributed by atoms with van der Waals surface area (Å²) in [4.78, 5) is 11.6. The van der Waals surface area contributed by atoms with Crippen LogP contribution < -0.4 is 5.32 Å². The smallest absolute Gasteiger partial charge is 0.224 e. The lowest BCUT2D eigenvalue weighted by Gasteiger charge is -2.06. The number of rotatable bonds is 4. The number of carbonyl (C=O) groups is 1. The Morgan fingerprint density at radius 2 is 1.58 bits per heavy atom. The lowest BCUT2D eigenvalue weighted by atomic mass is 10.1. The number of halogens is 2. The first-order chi connectivity index (χ1) is 9.16. The Kier molecular flexibility index (Phi) is 4.23. The second-order valence-corrected chi connectivity index (χ2v) is 4.12. The SMILES string of the molecule is O=C(CCc1ccccc1F)Nc1ccccc1F. The lowest BCUT2D eigenvalue weighted by Crippen LogP contribution is -2.13. The molecule has 0 unspecified atom stereocenters. The molecule has 1 N–H and O–H groups in total. The summed E-state index contributed by atoms with van der Waals surface area (Å²) in [5, 5.41) is 2.46. The van der Waals surface area contributed by atoms with Gasteiger partial charge in [0.15, 0.2) is 0 Å². The third-order valence-electron chi connectivity index (χ3n) is 2.73. The number of para-hydroxylation sites is 1. The fourth-order valence-corrected chi connectivity index (χ4v) is 1.72. The summed E-state index contributed by atoms with van der Waals surface area (Å²) in [5.74, 6) is -1.16. The molecule has 0 fully saturated rings. The molecule has 2 aromatic carbocycles. The van der Waals surface area contributed by atoms with E-state index in [2.05, 4.69) is 5.32 Å². The van der Waals surface area contributed by atoms with E-state index >= 15 is 0 Å². The van der Waals surface area contributed by atoms with Crippen LogP contribution in [0, 0.1) is 11.6 Å². The molecule has 0 atom stereocenters. The fourth-order valence-electron chi connectivity index (χ4n) is 1.72. The van der Waals surface area contributed by atoms with Crippen molar-refractivity contribution in [1.82, 2.24) is 0 Å². The molecule has 0 aromatic heterocycles. The Morgan fingerprint density at radius 1 is 0.947 bits per heavy atom. The third-order valence-corrected chi connectivity index (χ3v) is 2.73. The lowest BCUT2D eigenvalue weighted by molar-refractivity contribution is -0.116. The highest BCUT2D eigenvalue weighted by molar-refractivity contribution is 5.90. The average molecular weight is 261 g/mol. The van der Waals surface area contributed by atoms with Gasteiger partial charge in [-0.15, -0.1) is 0 Å². The highest BCUT2D eigenvalue weighted by Gasteiger charge is 2.08. The first-order valence-electron chi connectivity index (χ1n) is 5.94. The number of carbonyl (C=O) groups excluding carboxylic acids is 1. The van der Waals surface area contributed by atoms with Crippen LogP contribution in [0.3, 0.4) is 0 Å². The molecular weight excluding hydrogens is 248 g/mol. The number of hydrogen-bond donors (Lipinski definition) is 1. The van der Waals surface area contributed by atoms with Gasteiger partial charge in [-0.3, -0.25) is 4.79 Å². The van der Waals surface area contributed by atoms with Crippen molar-refractivity contribution in [1.29, 1.82) is 0 Å². The van der Waals surface area contributed by atoms with Crippen molar-refractivity contribution in [2.45, 2.75) is 12.8 Å². The molecule has 2 aromatic rings. The molecule has 0 saturated carbocycles. The normalized spacial score (nSPS) is 10.2. The van der Waals surface area contributed by atoms with E-state index in [0.29, 0.717) is 5.56 Å². The minimum absolute atomic E-state index is 0.106. The van der Waals surface area contributed by atoms with Crippen LogP contribution in [0.15, 0.2) is 48.5 Å². The maximum absolute atomic E-state index is 13.3. The summed E-state index contributed by atoms with van der Waals surface area (Å²) >= 11 is 0. The fraction of sp³-hybridized carbons (Fsp3) is 0.133. The average Bonchev–Trinajstić information content (AvgIpc) is 2.40. The van der Waals surface area contributed by atoms with Crippen molar-refractivity contribution in [3.05, 3.63) is 65.7 Å². The van der Waals surface area contributed by atoms with Gasteiger partial charge in [0.1, 0.15) is 11.6 Å². The van der Waals surface area contributed by atoms with E-state index < -0.39 is 5.82 Å². The minimum Gasteiger partial charge on any atom is -0.324 e. The molecule has 0 aliphatic rings. The molecule has 0 spiro atoms. The highest BCUT2D eigenvalue weighted by Crippen LogP contribution is 2.14. The predicted molar refractivity (Wildman–Crippen MR) is 69.8 cm³/mol. The number of hydrogen-bond acceptors (Lipinski definition) is 1. The molecule has 0 bridgehead atoms. The van der Waals surface area contributed by atoms with Crippen LogP contribution in [0.4, 0.5) is 14.5 Å². The zero-order valence-corrected chi connectivity index (χ0v) is 10.2. The zero-order chi connectivity index (χ0) is 13.7. The first-order valence-corrected chi connectivity index (χ1v) is 5.94. The van der Waals surface area contributed by atoms with Gasteiger partial charge in [-0.1, -0.05) is 30.3 Å². The van der Waals surface area contributed by atoms with Crippen LogP contribution in [0.2, 0.25) is 0 Å². The van der Waals surface area contributed by atoms with E-state index in [1.54, 1.807) is 30.3 Å². The van der Waals surface area contributed by atoms with Crippen molar-refractivity contribution < 1.29 is 13.6 Å². The molecule has 0 saturated heterocycles. The van der Waals surface area contributed by atoms with Gasteiger partial charge >= 0.3 is 0 Å². The number of amides is 1. The molecule has 0 aliphatic carbocycles. The molecule has 2 rings (SSSR count). The van der Waals surface area contributed by atoms with Crippen LogP contribution in [-0.4, -0.2) is 5.91 Å². The largest absolute Gasteiger partial charge is 0.324 e. The van der Waals surface area contributed by atoms with Gasteiger partial charge in [-0.05, 0) is 30.2 Å². The topological polar surface area (TPSA) is 29.1 Å². The van der Waals surface area contributed by atoms with Crippen molar-refractivity contribution in [3.63, 3.8) is 0 Å². The van der Waals surface area contributed by atoms with Crippen LogP contribution in [0.1, 0.15) is 12.0 Å². The minimum atomic E-state index is -0.484. The molecule has 0 aliphatic heterocycles. The summed E-state index contributed by atoms with van der Waals surface area (Å²) in [5.41, 5.74) is 0.618. The second kappa shape index (κ2) is 6.09. The summed E-state index contributed by atoms with van der Waals surface area (Å²) in [6.07, 6.45) is 0.391. The molecule has 0 heterocycles. The van der Waals surface area contributed by atoms with Gasteiger partial charge < -0.3 is 5.32 Å². The summed E-state index contributed by atoms with van der Waals surface area (Å²) in [6, 6.07) is 12.2. The van der Waals surface area contributed by atoms with Crippen LogP contribution in [0.5, 0.6) is 0 Å². The second-order valence-electron chi connectivity index (χ2n) is 4.12. The molecular formula is C15H13F2NO.